The van der Waals surface area contributed by atoms with Crippen LogP contribution in [0.4, 0.5) is 0 Å². The van der Waals surface area contributed by atoms with Crippen LogP contribution in [0.2, 0.25) is 0 Å². The minimum atomic E-state index is 0.0910. The van der Waals surface area contributed by atoms with E-state index in [0.717, 1.165) is 29.8 Å². The molecule has 1 aliphatic heterocycles. The fourth-order valence-electron chi connectivity index (χ4n) is 4.59. The van der Waals surface area contributed by atoms with E-state index < -0.39 is 0 Å². The standard InChI is InChI=1S/C26H30N6O2/c1-19-23(20(2)32-26(29-19)22(17-27)18-28-32)11-12-25(34)31-15-13-30(14-16-31)24(33)10-6-9-21-7-4-3-5-8-21/h3-5,7-8,18H,6,9-16H2,1-2H3. The molecule has 1 saturated heterocycles. The number of aryl methyl sites for hydroxylation is 3. The van der Waals surface area contributed by atoms with Crippen LogP contribution in [0, 0.1) is 25.2 Å². The molecule has 0 N–H and O–H groups in total. The molecule has 3 aromatic rings. The summed E-state index contributed by atoms with van der Waals surface area (Å²) in [6, 6.07) is 12.3. The van der Waals surface area contributed by atoms with Crippen molar-refractivity contribution in [3.8, 4) is 6.07 Å². The number of benzene rings is 1. The smallest absolute Gasteiger partial charge is 0.223 e. The summed E-state index contributed by atoms with van der Waals surface area (Å²) in [6.45, 7) is 6.17. The van der Waals surface area contributed by atoms with Gasteiger partial charge in [-0.2, -0.15) is 10.4 Å². The fraction of sp³-hybridized carbons (Fsp3) is 0.423. The second kappa shape index (κ2) is 10.5. The Bertz CT molecular complexity index is 1220. The molecule has 8 nitrogen and oxygen atoms in total. The highest BCUT2D eigenvalue weighted by atomic mass is 16.2. The third-order valence-electron chi connectivity index (χ3n) is 6.60. The largest absolute Gasteiger partial charge is 0.339 e. The van der Waals surface area contributed by atoms with E-state index in [1.807, 2.05) is 41.8 Å². The summed E-state index contributed by atoms with van der Waals surface area (Å²) in [5, 5.41) is 13.5. The zero-order valence-electron chi connectivity index (χ0n) is 19.8. The van der Waals surface area contributed by atoms with Crippen molar-refractivity contribution in [2.75, 3.05) is 26.2 Å². The molecule has 2 aromatic heterocycles. The van der Waals surface area contributed by atoms with Gasteiger partial charge in [0.05, 0.1) is 6.20 Å². The maximum atomic E-state index is 12.9. The number of fused-ring (bicyclic) bond motifs is 1. The van der Waals surface area contributed by atoms with Crippen molar-refractivity contribution >= 4 is 17.5 Å². The first-order chi connectivity index (χ1) is 16.5. The monoisotopic (exact) mass is 458 g/mol. The number of aromatic nitrogens is 3. The van der Waals surface area contributed by atoms with E-state index in [1.54, 1.807) is 4.52 Å². The highest BCUT2D eigenvalue weighted by Crippen LogP contribution is 2.19. The van der Waals surface area contributed by atoms with Crippen molar-refractivity contribution in [1.82, 2.24) is 24.4 Å². The molecule has 0 saturated carbocycles. The zero-order chi connectivity index (χ0) is 24.1. The quantitative estimate of drug-likeness (QED) is 0.543. The van der Waals surface area contributed by atoms with Crippen LogP contribution in [0.1, 0.15) is 47.3 Å². The molecule has 0 spiro atoms. The summed E-state index contributed by atoms with van der Waals surface area (Å²) in [5.74, 6) is 0.262. The Morgan fingerprint density at radius 1 is 0.971 bits per heavy atom. The Hall–Kier alpha value is -3.73. The average Bonchev–Trinajstić information content (AvgIpc) is 3.27. The number of amides is 2. The topological polar surface area (TPSA) is 94.6 Å². The van der Waals surface area contributed by atoms with Crippen LogP contribution < -0.4 is 0 Å². The lowest BCUT2D eigenvalue weighted by molar-refractivity contribution is -0.139. The molecule has 1 aromatic carbocycles. The maximum Gasteiger partial charge on any atom is 0.223 e. The van der Waals surface area contributed by atoms with Gasteiger partial charge in [-0.3, -0.25) is 9.59 Å². The fourth-order valence-corrected chi connectivity index (χ4v) is 4.59. The second-order valence-corrected chi connectivity index (χ2v) is 8.77. The van der Waals surface area contributed by atoms with E-state index in [9.17, 15) is 14.9 Å². The van der Waals surface area contributed by atoms with Crippen LogP contribution in [-0.2, 0) is 22.4 Å². The molecular formula is C26H30N6O2. The van der Waals surface area contributed by atoms with Gasteiger partial charge in [0.1, 0.15) is 11.6 Å². The highest BCUT2D eigenvalue weighted by Gasteiger charge is 2.24. The highest BCUT2D eigenvalue weighted by molar-refractivity contribution is 5.78. The molecule has 0 bridgehead atoms. The molecule has 2 amide bonds. The first-order valence-electron chi connectivity index (χ1n) is 11.8. The molecule has 34 heavy (non-hydrogen) atoms. The number of nitriles is 1. The summed E-state index contributed by atoms with van der Waals surface area (Å²) in [4.78, 5) is 33.7. The summed E-state index contributed by atoms with van der Waals surface area (Å²) in [6.07, 6.45) is 4.75. The molecule has 1 aliphatic rings. The number of carbonyl (C=O) groups is 2. The van der Waals surface area contributed by atoms with Gasteiger partial charge in [0.15, 0.2) is 5.65 Å². The van der Waals surface area contributed by atoms with Crippen LogP contribution in [0.5, 0.6) is 0 Å². The molecular weight excluding hydrogens is 428 g/mol. The molecule has 176 valence electrons. The third kappa shape index (κ3) is 5.09. The number of nitrogens with zero attached hydrogens (tertiary/aromatic N) is 6. The number of rotatable bonds is 7. The number of piperazine rings is 1. The lowest BCUT2D eigenvalue weighted by atomic mass is 10.1. The number of hydrogen-bond donors (Lipinski definition) is 0. The molecule has 0 radical (unpaired) electrons. The van der Waals surface area contributed by atoms with Crippen LogP contribution in [-0.4, -0.2) is 62.4 Å². The van der Waals surface area contributed by atoms with Crippen LogP contribution in [0.25, 0.3) is 5.65 Å². The van der Waals surface area contributed by atoms with Crippen molar-refractivity contribution in [3.05, 3.63) is 64.6 Å². The van der Waals surface area contributed by atoms with Crippen molar-refractivity contribution in [1.29, 1.82) is 5.26 Å². The number of carbonyl (C=O) groups excluding carboxylic acids is 2. The molecule has 8 heteroatoms. The molecule has 3 heterocycles. The van der Waals surface area contributed by atoms with Gasteiger partial charge in [0.25, 0.3) is 0 Å². The Kier molecular flexibility index (Phi) is 7.21. The molecule has 1 fully saturated rings. The summed E-state index contributed by atoms with van der Waals surface area (Å²) in [7, 11) is 0. The Labute approximate surface area is 199 Å². The average molecular weight is 459 g/mol. The first-order valence-corrected chi connectivity index (χ1v) is 11.8. The van der Waals surface area contributed by atoms with Crippen molar-refractivity contribution in [3.63, 3.8) is 0 Å². The van der Waals surface area contributed by atoms with Gasteiger partial charge >= 0.3 is 0 Å². The minimum Gasteiger partial charge on any atom is -0.339 e. The van der Waals surface area contributed by atoms with Gasteiger partial charge in [0, 0.05) is 50.4 Å². The number of hydrogen-bond acceptors (Lipinski definition) is 5. The van der Waals surface area contributed by atoms with E-state index in [1.165, 1.54) is 11.8 Å². The Morgan fingerprint density at radius 3 is 2.26 bits per heavy atom. The normalized spacial score (nSPS) is 13.8. The lowest BCUT2D eigenvalue weighted by Crippen LogP contribution is -2.50. The maximum absolute atomic E-state index is 12.9. The van der Waals surface area contributed by atoms with Gasteiger partial charge in [-0.1, -0.05) is 30.3 Å². The van der Waals surface area contributed by atoms with E-state index in [4.69, 9.17) is 0 Å². The second-order valence-electron chi connectivity index (χ2n) is 8.77. The van der Waals surface area contributed by atoms with Crippen molar-refractivity contribution < 1.29 is 9.59 Å². The predicted octanol–water partition coefficient (Wildman–Crippen LogP) is 2.84. The summed E-state index contributed by atoms with van der Waals surface area (Å²) < 4.78 is 1.67. The van der Waals surface area contributed by atoms with Crippen LogP contribution >= 0.6 is 0 Å². The Balaban J connectivity index is 1.25. The zero-order valence-corrected chi connectivity index (χ0v) is 19.8. The first kappa shape index (κ1) is 23.4. The Morgan fingerprint density at radius 2 is 1.62 bits per heavy atom. The van der Waals surface area contributed by atoms with E-state index in [2.05, 4.69) is 28.3 Å². The van der Waals surface area contributed by atoms with Gasteiger partial charge in [0.2, 0.25) is 11.8 Å². The van der Waals surface area contributed by atoms with Crippen LogP contribution in [0.15, 0.2) is 36.5 Å². The molecule has 4 rings (SSSR count). The van der Waals surface area contributed by atoms with Gasteiger partial charge in [-0.05, 0) is 44.2 Å². The van der Waals surface area contributed by atoms with Gasteiger partial charge in [-0.25, -0.2) is 9.50 Å². The molecule has 0 unspecified atom stereocenters. The van der Waals surface area contributed by atoms with Crippen molar-refractivity contribution in [2.24, 2.45) is 0 Å². The lowest BCUT2D eigenvalue weighted by Gasteiger charge is -2.35. The van der Waals surface area contributed by atoms with Gasteiger partial charge < -0.3 is 9.80 Å². The molecule has 0 aliphatic carbocycles. The summed E-state index contributed by atoms with van der Waals surface area (Å²) in [5.41, 5.74) is 4.96. The third-order valence-corrected chi connectivity index (χ3v) is 6.60. The summed E-state index contributed by atoms with van der Waals surface area (Å²) >= 11 is 0. The predicted molar refractivity (Wildman–Crippen MR) is 128 cm³/mol. The molecule has 0 atom stereocenters. The minimum absolute atomic E-state index is 0.0910. The SMILES string of the molecule is Cc1nc2c(C#N)cnn2c(C)c1CCC(=O)N1CCN(C(=O)CCCc2ccccc2)CC1. The van der Waals surface area contributed by atoms with E-state index in [-0.39, 0.29) is 11.8 Å². The van der Waals surface area contributed by atoms with Crippen LogP contribution in [0.3, 0.4) is 0 Å². The van der Waals surface area contributed by atoms with E-state index >= 15 is 0 Å². The van der Waals surface area contributed by atoms with Gasteiger partial charge in [-0.15, -0.1) is 0 Å². The van der Waals surface area contributed by atoms with Crippen molar-refractivity contribution in [2.45, 2.75) is 46.0 Å². The van der Waals surface area contributed by atoms with E-state index in [0.29, 0.717) is 56.7 Å².